The van der Waals surface area contributed by atoms with E-state index in [4.69, 9.17) is 14.2 Å². The molecular weight excluding hydrogens is 332 g/mol. The Labute approximate surface area is 157 Å². The summed E-state index contributed by atoms with van der Waals surface area (Å²) in [6.45, 7) is 11.4. The maximum Gasteiger partial charge on any atom is 0.203 e. The number of nitrogens with one attached hydrogen (secondary N) is 3. The molecule has 0 amide bonds. The number of aliphatic imine (C=N–C) groups is 1. The van der Waals surface area contributed by atoms with Crippen molar-refractivity contribution in [3.8, 4) is 17.2 Å². The zero-order chi connectivity index (χ0) is 19.6. The molecule has 0 fully saturated rings. The van der Waals surface area contributed by atoms with Gasteiger partial charge in [-0.3, -0.25) is 0 Å². The molecule has 26 heavy (non-hydrogen) atoms. The first-order valence-electron chi connectivity index (χ1n) is 8.90. The van der Waals surface area contributed by atoms with Crippen LogP contribution >= 0.6 is 0 Å². The molecule has 0 heterocycles. The van der Waals surface area contributed by atoms with Crippen LogP contribution in [0.1, 0.15) is 33.3 Å². The fourth-order valence-corrected chi connectivity index (χ4v) is 2.36. The van der Waals surface area contributed by atoms with E-state index in [1.54, 1.807) is 21.3 Å². The van der Waals surface area contributed by atoms with Crippen LogP contribution in [-0.2, 0) is 6.54 Å². The Balaban J connectivity index is 2.79. The average Bonchev–Trinajstić information content (AvgIpc) is 2.61. The summed E-state index contributed by atoms with van der Waals surface area (Å²) in [7, 11) is 4.81. The molecule has 0 aromatic heterocycles. The number of guanidine groups is 1. The second-order valence-electron chi connectivity index (χ2n) is 6.83. The highest BCUT2D eigenvalue weighted by Crippen LogP contribution is 2.38. The van der Waals surface area contributed by atoms with Crippen molar-refractivity contribution in [2.45, 2.75) is 39.8 Å². The van der Waals surface area contributed by atoms with E-state index < -0.39 is 0 Å². The minimum Gasteiger partial charge on any atom is -0.493 e. The summed E-state index contributed by atoms with van der Waals surface area (Å²) in [5, 5.41) is 10.0. The lowest BCUT2D eigenvalue weighted by atomic mass is 10.1. The summed E-state index contributed by atoms with van der Waals surface area (Å²) in [5.74, 6) is 2.62. The number of methoxy groups -OCH3 is 3. The molecule has 0 saturated carbocycles. The molecule has 7 nitrogen and oxygen atoms in total. The average molecular weight is 367 g/mol. The number of ether oxygens (including phenoxy) is 3. The van der Waals surface area contributed by atoms with Crippen molar-refractivity contribution in [1.29, 1.82) is 0 Å². The Bertz CT molecular complexity index is 558. The molecule has 0 bridgehead atoms. The molecule has 1 rings (SSSR count). The SMILES string of the molecule is CCNC(=NCc1cc(OC)c(OC)c(OC)c1)NCCNC(C)(C)C. The molecule has 1 aromatic rings. The fraction of sp³-hybridized carbons (Fsp3) is 0.632. The molecule has 0 aliphatic heterocycles. The number of hydrogen-bond acceptors (Lipinski definition) is 5. The lowest BCUT2D eigenvalue weighted by Crippen LogP contribution is -2.44. The summed E-state index contributed by atoms with van der Waals surface area (Å²) in [4.78, 5) is 4.64. The van der Waals surface area contributed by atoms with Gasteiger partial charge in [0.1, 0.15) is 0 Å². The lowest BCUT2D eigenvalue weighted by Gasteiger charge is -2.21. The molecule has 0 saturated heterocycles. The highest BCUT2D eigenvalue weighted by Gasteiger charge is 2.13. The van der Waals surface area contributed by atoms with Crippen LogP contribution in [0.5, 0.6) is 17.2 Å². The minimum absolute atomic E-state index is 0.105. The van der Waals surface area contributed by atoms with Gasteiger partial charge in [-0.2, -0.15) is 0 Å². The van der Waals surface area contributed by atoms with E-state index in [0.29, 0.717) is 23.8 Å². The van der Waals surface area contributed by atoms with Gasteiger partial charge < -0.3 is 30.2 Å². The van der Waals surface area contributed by atoms with Crippen LogP contribution in [0, 0.1) is 0 Å². The third-order valence-corrected chi connectivity index (χ3v) is 3.56. The molecule has 0 atom stereocenters. The predicted molar refractivity (Wildman–Crippen MR) is 107 cm³/mol. The van der Waals surface area contributed by atoms with Crippen molar-refractivity contribution in [2.24, 2.45) is 4.99 Å². The van der Waals surface area contributed by atoms with Gasteiger partial charge in [-0.15, -0.1) is 0 Å². The Morgan fingerprint density at radius 2 is 1.58 bits per heavy atom. The van der Waals surface area contributed by atoms with Gasteiger partial charge in [-0.1, -0.05) is 0 Å². The lowest BCUT2D eigenvalue weighted by molar-refractivity contribution is 0.324. The quantitative estimate of drug-likeness (QED) is 0.353. The van der Waals surface area contributed by atoms with Crippen molar-refractivity contribution in [1.82, 2.24) is 16.0 Å². The van der Waals surface area contributed by atoms with Crippen LogP contribution in [0.15, 0.2) is 17.1 Å². The standard InChI is InChI=1S/C19H34N4O3/c1-8-20-18(21-9-10-23-19(2,3)4)22-13-14-11-15(24-5)17(26-7)16(12-14)25-6/h11-12,23H,8-10,13H2,1-7H3,(H2,20,21,22). The Hall–Kier alpha value is -2.15. The molecule has 7 heteroatoms. The number of nitrogens with zero attached hydrogens (tertiary/aromatic N) is 1. The zero-order valence-corrected chi connectivity index (χ0v) is 17.2. The molecule has 148 valence electrons. The molecular formula is C19H34N4O3. The molecule has 0 aliphatic rings. The smallest absolute Gasteiger partial charge is 0.203 e. The van der Waals surface area contributed by atoms with E-state index in [1.165, 1.54) is 0 Å². The van der Waals surface area contributed by atoms with Gasteiger partial charge in [-0.25, -0.2) is 4.99 Å². The maximum absolute atomic E-state index is 5.39. The second-order valence-corrected chi connectivity index (χ2v) is 6.83. The highest BCUT2D eigenvalue weighted by atomic mass is 16.5. The minimum atomic E-state index is 0.105. The summed E-state index contributed by atoms with van der Waals surface area (Å²) in [6.07, 6.45) is 0. The zero-order valence-electron chi connectivity index (χ0n) is 17.2. The third kappa shape index (κ3) is 7.39. The van der Waals surface area contributed by atoms with Gasteiger partial charge in [0, 0.05) is 25.2 Å². The van der Waals surface area contributed by atoms with E-state index in [2.05, 4.69) is 41.7 Å². The Morgan fingerprint density at radius 3 is 2.04 bits per heavy atom. The van der Waals surface area contributed by atoms with Gasteiger partial charge in [0.15, 0.2) is 17.5 Å². The predicted octanol–water partition coefficient (Wildman–Crippen LogP) is 2.16. The third-order valence-electron chi connectivity index (χ3n) is 3.56. The van der Waals surface area contributed by atoms with Crippen molar-refractivity contribution in [3.05, 3.63) is 17.7 Å². The maximum atomic E-state index is 5.39. The first-order chi connectivity index (χ1) is 12.3. The largest absolute Gasteiger partial charge is 0.493 e. The summed E-state index contributed by atoms with van der Waals surface area (Å²) >= 11 is 0. The van der Waals surface area contributed by atoms with Crippen LogP contribution in [0.25, 0.3) is 0 Å². The van der Waals surface area contributed by atoms with Crippen LogP contribution in [0.2, 0.25) is 0 Å². The van der Waals surface area contributed by atoms with E-state index >= 15 is 0 Å². The first-order valence-corrected chi connectivity index (χ1v) is 8.90. The number of rotatable bonds is 9. The normalized spacial score (nSPS) is 11.9. The summed E-state index contributed by atoms with van der Waals surface area (Å²) < 4.78 is 16.1. The van der Waals surface area contributed by atoms with E-state index in [1.807, 2.05) is 19.1 Å². The molecule has 1 aromatic carbocycles. The van der Waals surface area contributed by atoms with Gasteiger partial charge in [0.2, 0.25) is 5.75 Å². The van der Waals surface area contributed by atoms with E-state index in [9.17, 15) is 0 Å². The van der Waals surface area contributed by atoms with Gasteiger partial charge in [0.05, 0.1) is 27.9 Å². The number of hydrogen-bond donors (Lipinski definition) is 3. The number of benzene rings is 1. The van der Waals surface area contributed by atoms with Crippen molar-refractivity contribution in [3.63, 3.8) is 0 Å². The molecule has 0 unspecified atom stereocenters. The van der Waals surface area contributed by atoms with Crippen LogP contribution in [0.4, 0.5) is 0 Å². The van der Waals surface area contributed by atoms with Crippen molar-refractivity contribution >= 4 is 5.96 Å². The molecule has 3 N–H and O–H groups in total. The Morgan fingerprint density at radius 1 is 0.962 bits per heavy atom. The molecule has 0 spiro atoms. The van der Waals surface area contributed by atoms with Crippen LogP contribution < -0.4 is 30.2 Å². The fourth-order valence-electron chi connectivity index (χ4n) is 2.36. The van der Waals surface area contributed by atoms with Gasteiger partial charge in [0.25, 0.3) is 0 Å². The topological polar surface area (TPSA) is 76.1 Å². The van der Waals surface area contributed by atoms with Crippen molar-refractivity contribution < 1.29 is 14.2 Å². The van der Waals surface area contributed by atoms with Crippen LogP contribution in [0.3, 0.4) is 0 Å². The molecule has 0 radical (unpaired) electrons. The van der Waals surface area contributed by atoms with E-state index in [-0.39, 0.29) is 5.54 Å². The van der Waals surface area contributed by atoms with Gasteiger partial charge >= 0.3 is 0 Å². The first kappa shape index (κ1) is 21.9. The monoisotopic (exact) mass is 366 g/mol. The summed E-state index contributed by atoms with van der Waals surface area (Å²) in [6, 6.07) is 3.82. The Kier molecular flexibility index (Phi) is 9.05. The highest BCUT2D eigenvalue weighted by molar-refractivity contribution is 5.79. The summed E-state index contributed by atoms with van der Waals surface area (Å²) in [5.41, 5.74) is 1.08. The van der Waals surface area contributed by atoms with E-state index in [0.717, 1.165) is 31.2 Å². The van der Waals surface area contributed by atoms with Gasteiger partial charge in [-0.05, 0) is 45.4 Å². The van der Waals surface area contributed by atoms with Crippen LogP contribution in [-0.4, -0.2) is 52.5 Å². The molecule has 0 aliphatic carbocycles. The van der Waals surface area contributed by atoms with Crippen molar-refractivity contribution in [2.75, 3.05) is 41.0 Å². The second kappa shape index (κ2) is 10.8.